The minimum Gasteiger partial charge on any atom is -0.322 e. The third-order valence-corrected chi connectivity index (χ3v) is 6.29. The fraction of sp³-hybridized carbons (Fsp3) is 0.150. The number of nitrogens with one attached hydrogen (secondary N) is 2. The molecule has 0 aliphatic heterocycles. The van der Waals surface area contributed by atoms with Crippen molar-refractivity contribution in [3.63, 3.8) is 0 Å². The van der Waals surface area contributed by atoms with Crippen LogP contribution in [0.1, 0.15) is 27.7 Å². The number of rotatable bonds is 7. The highest BCUT2D eigenvalue weighted by molar-refractivity contribution is 7.89. The second-order valence-corrected chi connectivity index (χ2v) is 8.74. The van der Waals surface area contributed by atoms with Gasteiger partial charge in [-0.3, -0.25) is 4.79 Å². The molecule has 7 heteroatoms. The topological polar surface area (TPSA) is 75.3 Å². The molecule has 0 bridgehead atoms. The van der Waals surface area contributed by atoms with Gasteiger partial charge >= 0.3 is 0 Å². The van der Waals surface area contributed by atoms with Crippen LogP contribution >= 0.6 is 11.3 Å². The molecule has 0 saturated carbocycles. The second-order valence-electron chi connectivity index (χ2n) is 5.94. The standard InChI is InChI=1S/C20H20N2O3S2/c1-2-15-6-3-8-17(12-15)22-20(23)16-7-4-10-19(13-16)27(24,25)21-14-18-9-5-11-26-18/h3-13,21H,2,14H2,1H3,(H,22,23). The summed E-state index contributed by atoms with van der Waals surface area (Å²) in [7, 11) is -3.70. The molecule has 5 nitrogen and oxygen atoms in total. The van der Waals surface area contributed by atoms with Crippen molar-refractivity contribution in [1.82, 2.24) is 4.72 Å². The van der Waals surface area contributed by atoms with E-state index in [1.807, 2.05) is 42.6 Å². The molecule has 1 heterocycles. The van der Waals surface area contributed by atoms with Crippen LogP contribution in [0.2, 0.25) is 0 Å². The molecule has 0 unspecified atom stereocenters. The summed E-state index contributed by atoms with van der Waals surface area (Å²) in [6.07, 6.45) is 0.868. The molecule has 0 aliphatic carbocycles. The lowest BCUT2D eigenvalue weighted by molar-refractivity contribution is 0.102. The molecule has 2 aromatic carbocycles. The van der Waals surface area contributed by atoms with Gasteiger partial charge in [0.15, 0.2) is 0 Å². The van der Waals surface area contributed by atoms with E-state index in [1.54, 1.807) is 18.2 Å². The molecule has 2 N–H and O–H groups in total. The summed E-state index contributed by atoms with van der Waals surface area (Å²) in [5.41, 5.74) is 2.08. The molecule has 1 amide bonds. The average Bonchev–Trinajstić information content (AvgIpc) is 3.20. The Morgan fingerprint density at radius 1 is 1.04 bits per heavy atom. The lowest BCUT2D eigenvalue weighted by atomic mass is 10.1. The SMILES string of the molecule is CCc1cccc(NC(=O)c2cccc(S(=O)(=O)NCc3cccs3)c2)c1. The molecule has 0 spiro atoms. The first-order valence-electron chi connectivity index (χ1n) is 8.50. The zero-order valence-electron chi connectivity index (χ0n) is 14.8. The Bertz CT molecular complexity index is 1030. The van der Waals surface area contributed by atoms with E-state index in [-0.39, 0.29) is 22.9 Å². The number of carbonyl (C=O) groups is 1. The maximum absolute atomic E-state index is 12.5. The van der Waals surface area contributed by atoms with Gasteiger partial charge < -0.3 is 5.32 Å². The summed E-state index contributed by atoms with van der Waals surface area (Å²) in [5.74, 6) is -0.349. The van der Waals surface area contributed by atoms with Crippen molar-refractivity contribution in [2.45, 2.75) is 24.8 Å². The number of aryl methyl sites for hydroxylation is 1. The molecule has 27 heavy (non-hydrogen) atoms. The van der Waals surface area contributed by atoms with Gasteiger partial charge in [-0.25, -0.2) is 13.1 Å². The quantitative estimate of drug-likeness (QED) is 0.628. The number of thiophene rings is 1. The van der Waals surface area contributed by atoms with Crippen molar-refractivity contribution in [3.8, 4) is 0 Å². The minimum absolute atomic E-state index is 0.0639. The van der Waals surface area contributed by atoms with Gasteiger partial charge in [0, 0.05) is 22.7 Å². The Kier molecular flexibility index (Phi) is 6.05. The van der Waals surface area contributed by atoms with Crippen LogP contribution in [0.4, 0.5) is 5.69 Å². The molecule has 1 aromatic heterocycles. The molecule has 0 atom stereocenters. The first-order chi connectivity index (χ1) is 13.0. The van der Waals surface area contributed by atoms with Crippen LogP contribution in [0.25, 0.3) is 0 Å². The third-order valence-electron chi connectivity index (χ3n) is 4.02. The van der Waals surface area contributed by atoms with Crippen LogP contribution in [0, 0.1) is 0 Å². The summed E-state index contributed by atoms with van der Waals surface area (Å²) in [6, 6.07) is 17.3. The molecule has 3 aromatic rings. The van der Waals surface area contributed by atoms with Gasteiger partial charge in [-0.1, -0.05) is 31.2 Å². The minimum atomic E-state index is -3.70. The number of anilines is 1. The molecule has 0 fully saturated rings. The average molecular weight is 401 g/mol. The maximum Gasteiger partial charge on any atom is 0.255 e. The van der Waals surface area contributed by atoms with E-state index in [1.165, 1.54) is 23.5 Å². The van der Waals surface area contributed by atoms with Gasteiger partial charge in [0.05, 0.1) is 4.90 Å². The summed E-state index contributed by atoms with van der Waals surface area (Å²) in [4.78, 5) is 13.5. The van der Waals surface area contributed by atoms with E-state index in [4.69, 9.17) is 0 Å². The zero-order chi connectivity index (χ0) is 19.3. The highest BCUT2D eigenvalue weighted by atomic mass is 32.2. The second kappa shape index (κ2) is 8.47. The normalized spacial score (nSPS) is 11.3. The van der Waals surface area contributed by atoms with Gasteiger partial charge in [0.25, 0.3) is 5.91 Å². The molecule has 140 valence electrons. The van der Waals surface area contributed by atoms with Crippen molar-refractivity contribution >= 4 is 33.0 Å². The van der Waals surface area contributed by atoms with Crippen molar-refractivity contribution < 1.29 is 13.2 Å². The Morgan fingerprint density at radius 3 is 2.59 bits per heavy atom. The molecule has 0 aliphatic rings. The van der Waals surface area contributed by atoms with Crippen LogP contribution in [-0.2, 0) is 23.0 Å². The first kappa shape index (κ1) is 19.3. The third kappa shape index (κ3) is 5.03. The van der Waals surface area contributed by atoms with E-state index in [2.05, 4.69) is 10.0 Å². The summed E-state index contributed by atoms with van der Waals surface area (Å²) >= 11 is 1.48. The molecule has 3 rings (SSSR count). The van der Waals surface area contributed by atoms with Crippen LogP contribution in [0.3, 0.4) is 0 Å². The Balaban J connectivity index is 1.74. The van der Waals surface area contributed by atoms with Gasteiger partial charge in [0.1, 0.15) is 0 Å². The number of carbonyl (C=O) groups excluding carboxylic acids is 1. The predicted molar refractivity (Wildman–Crippen MR) is 109 cm³/mol. The van der Waals surface area contributed by atoms with Gasteiger partial charge in [-0.15, -0.1) is 11.3 Å². The Morgan fingerprint density at radius 2 is 1.85 bits per heavy atom. The highest BCUT2D eigenvalue weighted by Crippen LogP contribution is 2.16. The van der Waals surface area contributed by atoms with E-state index in [9.17, 15) is 13.2 Å². The van der Waals surface area contributed by atoms with Crippen molar-refractivity contribution in [2.24, 2.45) is 0 Å². The summed E-state index contributed by atoms with van der Waals surface area (Å²) < 4.78 is 27.6. The van der Waals surface area contributed by atoms with Gasteiger partial charge in [-0.05, 0) is 53.8 Å². The fourth-order valence-electron chi connectivity index (χ4n) is 2.54. The number of hydrogen-bond acceptors (Lipinski definition) is 4. The number of amides is 1. The van der Waals surface area contributed by atoms with E-state index >= 15 is 0 Å². The van der Waals surface area contributed by atoms with Crippen LogP contribution in [0.5, 0.6) is 0 Å². The van der Waals surface area contributed by atoms with Gasteiger partial charge in [0.2, 0.25) is 10.0 Å². The molecule has 0 radical (unpaired) electrons. The Labute approximate surface area is 163 Å². The van der Waals surface area contributed by atoms with E-state index < -0.39 is 10.0 Å². The van der Waals surface area contributed by atoms with Gasteiger partial charge in [-0.2, -0.15) is 0 Å². The largest absolute Gasteiger partial charge is 0.322 e. The maximum atomic E-state index is 12.5. The zero-order valence-corrected chi connectivity index (χ0v) is 16.4. The van der Waals surface area contributed by atoms with Crippen molar-refractivity contribution in [3.05, 3.63) is 82.0 Å². The predicted octanol–water partition coefficient (Wildman–Crippen LogP) is 4.04. The fourth-order valence-corrected chi connectivity index (χ4v) is 4.33. The van der Waals surface area contributed by atoms with Crippen LogP contribution in [-0.4, -0.2) is 14.3 Å². The lowest BCUT2D eigenvalue weighted by Crippen LogP contribution is -2.23. The van der Waals surface area contributed by atoms with E-state index in [0.29, 0.717) is 5.69 Å². The Hall–Kier alpha value is -2.48. The lowest BCUT2D eigenvalue weighted by Gasteiger charge is -2.09. The van der Waals surface area contributed by atoms with E-state index in [0.717, 1.165) is 16.9 Å². The molecule has 0 saturated heterocycles. The smallest absolute Gasteiger partial charge is 0.255 e. The highest BCUT2D eigenvalue weighted by Gasteiger charge is 2.16. The summed E-state index contributed by atoms with van der Waals surface area (Å²) in [6.45, 7) is 2.26. The van der Waals surface area contributed by atoms with Crippen LogP contribution < -0.4 is 10.0 Å². The number of benzene rings is 2. The first-order valence-corrected chi connectivity index (χ1v) is 10.9. The molecular formula is C20H20N2O3S2. The summed E-state index contributed by atoms with van der Waals surface area (Å²) in [5, 5.41) is 4.70. The monoisotopic (exact) mass is 400 g/mol. The number of sulfonamides is 1. The number of hydrogen-bond donors (Lipinski definition) is 2. The van der Waals surface area contributed by atoms with Crippen molar-refractivity contribution in [2.75, 3.05) is 5.32 Å². The van der Waals surface area contributed by atoms with Crippen LogP contribution in [0.15, 0.2) is 70.9 Å². The molecular weight excluding hydrogens is 380 g/mol. The van der Waals surface area contributed by atoms with Crippen molar-refractivity contribution in [1.29, 1.82) is 0 Å².